The fraction of sp³-hybridized carbons (Fsp3) is 0.889. The second kappa shape index (κ2) is 4.25. The van der Waals surface area contributed by atoms with Gasteiger partial charge < -0.3 is 19.7 Å². The predicted octanol–water partition coefficient (Wildman–Crippen LogP) is 0.364. The maximum Gasteiger partial charge on any atom is 0.305 e. The van der Waals surface area contributed by atoms with Gasteiger partial charge in [0.2, 0.25) is 0 Å². The maximum atomic E-state index is 10.3. The van der Waals surface area contributed by atoms with Crippen molar-refractivity contribution in [3.05, 3.63) is 0 Å². The van der Waals surface area contributed by atoms with Gasteiger partial charge >= 0.3 is 5.97 Å². The van der Waals surface area contributed by atoms with Gasteiger partial charge in [0.15, 0.2) is 5.79 Å². The van der Waals surface area contributed by atoms with E-state index in [0.29, 0.717) is 13.0 Å². The number of hydrogen-bond donors (Lipinski definition) is 2. The summed E-state index contributed by atoms with van der Waals surface area (Å²) in [6.45, 7) is 3.98. The van der Waals surface area contributed by atoms with Crippen LogP contribution in [0, 0.1) is 0 Å². The topological polar surface area (TPSA) is 76.0 Å². The van der Waals surface area contributed by atoms with Gasteiger partial charge in [0.05, 0.1) is 25.2 Å². The molecule has 0 unspecified atom stereocenters. The van der Waals surface area contributed by atoms with Crippen LogP contribution < -0.4 is 0 Å². The van der Waals surface area contributed by atoms with Gasteiger partial charge in [-0.25, -0.2) is 0 Å². The zero-order valence-electron chi connectivity index (χ0n) is 8.40. The minimum Gasteiger partial charge on any atom is -0.481 e. The van der Waals surface area contributed by atoms with E-state index in [0.717, 1.165) is 0 Å². The number of ether oxygens (including phenoxy) is 2. The van der Waals surface area contributed by atoms with Crippen molar-refractivity contribution in [3.63, 3.8) is 0 Å². The van der Waals surface area contributed by atoms with Crippen LogP contribution in [0.4, 0.5) is 0 Å². The first-order chi connectivity index (χ1) is 6.39. The third-order valence-corrected chi connectivity index (χ3v) is 2.01. The number of carbonyl (C=O) groups is 1. The van der Waals surface area contributed by atoms with Crippen molar-refractivity contribution in [2.45, 2.75) is 44.7 Å². The van der Waals surface area contributed by atoms with E-state index in [1.807, 2.05) is 0 Å². The first-order valence-corrected chi connectivity index (χ1v) is 4.61. The largest absolute Gasteiger partial charge is 0.481 e. The van der Waals surface area contributed by atoms with Gasteiger partial charge in [-0.1, -0.05) is 0 Å². The molecule has 14 heavy (non-hydrogen) atoms. The first-order valence-electron chi connectivity index (χ1n) is 4.61. The Balaban J connectivity index is 2.29. The van der Waals surface area contributed by atoms with Crippen molar-refractivity contribution in [2.24, 2.45) is 0 Å². The molecule has 2 atom stereocenters. The molecule has 0 aliphatic carbocycles. The molecule has 1 heterocycles. The summed E-state index contributed by atoms with van der Waals surface area (Å²) in [5.74, 6) is -1.62. The summed E-state index contributed by atoms with van der Waals surface area (Å²) in [4.78, 5) is 10.3. The standard InChI is InChI=1S/C9H16O5/c1-9(2)13-5-7(14-9)3-6(10)4-8(11)12/h6-7,10H,3-5H2,1-2H3,(H,11,12)/t6-,7+/m1/s1. The lowest BCUT2D eigenvalue weighted by atomic mass is 10.1. The molecule has 1 rings (SSSR count). The summed E-state index contributed by atoms with van der Waals surface area (Å²) in [6.07, 6.45) is -1.02. The van der Waals surface area contributed by atoms with Crippen molar-refractivity contribution < 1.29 is 24.5 Å². The van der Waals surface area contributed by atoms with Gasteiger partial charge in [-0.2, -0.15) is 0 Å². The Morgan fingerprint density at radius 3 is 2.71 bits per heavy atom. The molecule has 0 amide bonds. The molecule has 1 fully saturated rings. The monoisotopic (exact) mass is 204 g/mol. The molecule has 0 aromatic rings. The molecule has 0 aromatic heterocycles. The van der Waals surface area contributed by atoms with Crippen LogP contribution in [0.15, 0.2) is 0 Å². The Labute approximate surface area is 82.6 Å². The lowest BCUT2D eigenvalue weighted by molar-refractivity contribution is -0.144. The van der Waals surface area contributed by atoms with Gasteiger partial charge in [0.1, 0.15) is 0 Å². The molecule has 1 aliphatic rings. The van der Waals surface area contributed by atoms with Crippen molar-refractivity contribution in [2.75, 3.05) is 6.61 Å². The van der Waals surface area contributed by atoms with E-state index >= 15 is 0 Å². The lowest BCUT2D eigenvalue weighted by Gasteiger charge is -2.18. The van der Waals surface area contributed by atoms with Crippen LogP contribution in [0.5, 0.6) is 0 Å². The molecule has 1 aliphatic heterocycles. The maximum absolute atomic E-state index is 10.3. The van der Waals surface area contributed by atoms with Crippen LogP contribution in [0.1, 0.15) is 26.7 Å². The number of aliphatic carboxylic acids is 1. The zero-order valence-corrected chi connectivity index (χ0v) is 8.40. The lowest BCUT2D eigenvalue weighted by Crippen LogP contribution is -2.25. The Morgan fingerprint density at radius 1 is 1.64 bits per heavy atom. The summed E-state index contributed by atoms with van der Waals surface area (Å²) >= 11 is 0. The van der Waals surface area contributed by atoms with Crippen LogP contribution in [-0.2, 0) is 14.3 Å². The molecule has 5 nitrogen and oxygen atoms in total. The second-order valence-corrected chi connectivity index (χ2v) is 3.94. The highest BCUT2D eigenvalue weighted by Gasteiger charge is 2.33. The average molecular weight is 204 g/mol. The van der Waals surface area contributed by atoms with E-state index in [9.17, 15) is 9.90 Å². The average Bonchev–Trinajstić information content (AvgIpc) is 2.27. The number of hydrogen-bond acceptors (Lipinski definition) is 4. The number of carboxylic acid groups (broad SMARTS) is 1. The van der Waals surface area contributed by atoms with Crippen LogP contribution >= 0.6 is 0 Å². The first kappa shape index (κ1) is 11.4. The van der Waals surface area contributed by atoms with Gasteiger partial charge in [-0.3, -0.25) is 4.79 Å². The molecule has 82 valence electrons. The van der Waals surface area contributed by atoms with E-state index < -0.39 is 17.9 Å². The summed E-state index contributed by atoms with van der Waals surface area (Å²) in [5.41, 5.74) is 0. The van der Waals surface area contributed by atoms with Gasteiger partial charge in [0, 0.05) is 6.42 Å². The van der Waals surface area contributed by atoms with Crippen LogP contribution in [0.3, 0.4) is 0 Å². The predicted molar refractivity (Wildman–Crippen MR) is 47.8 cm³/mol. The highest BCUT2D eigenvalue weighted by Crippen LogP contribution is 2.25. The Kier molecular flexibility index (Phi) is 3.47. The minimum atomic E-state index is -1.00. The Hall–Kier alpha value is -0.650. The van der Waals surface area contributed by atoms with Crippen LogP contribution in [0.2, 0.25) is 0 Å². The Morgan fingerprint density at radius 2 is 2.29 bits per heavy atom. The summed E-state index contributed by atoms with van der Waals surface area (Å²) < 4.78 is 10.7. The van der Waals surface area contributed by atoms with E-state index in [4.69, 9.17) is 14.6 Å². The third-order valence-electron chi connectivity index (χ3n) is 2.01. The van der Waals surface area contributed by atoms with Gasteiger partial charge in [-0.15, -0.1) is 0 Å². The quantitative estimate of drug-likeness (QED) is 0.691. The van der Waals surface area contributed by atoms with E-state index in [-0.39, 0.29) is 12.5 Å². The third kappa shape index (κ3) is 3.61. The van der Waals surface area contributed by atoms with Gasteiger partial charge in [0.25, 0.3) is 0 Å². The van der Waals surface area contributed by atoms with E-state index in [1.165, 1.54) is 0 Å². The summed E-state index contributed by atoms with van der Waals surface area (Å²) in [5, 5.41) is 17.8. The van der Waals surface area contributed by atoms with E-state index in [2.05, 4.69) is 0 Å². The van der Waals surface area contributed by atoms with Crippen molar-refractivity contribution >= 4 is 5.97 Å². The van der Waals surface area contributed by atoms with Gasteiger partial charge in [-0.05, 0) is 13.8 Å². The fourth-order valence-electron chi connectivity index (χ4n) is 1.47. The van der Waals surface area contributed by atoms with Crippen molar-refractivity contribution in [1.29, 1.82) is 0 Å². The van der Waals surface area contributed by atoms with Crippen molar-refractivity contribution in [1.82, 2.24) is 0 Å². The molecule has 0 aromatic carbocycles. The van der Waals surface area contributed by atoms with Crippen LogP contribution in [0.25, 0.3) is 0 Å². The molecular formula is C9H16O5. The number of rotatable bonds is 4. The highest BCUT2D eigenvalue weighted by atomic mass is 16.7. The Bertz CT molecular complexity index is 213. The highest BCUT2D eigenvalue weighted by molar-refractivity contribution is 5.67. The minimum absolute atomic E-state index is 0.209. The molecule has 0 radical (unpaired) electrons. The number of aliphatic hydroxyl groups excluding tert-OH is 1. The number of aliphatic hydroxyl groups is 1. The zero-order chi connectivity index (χ0) is 10.8. The second-order valence-electron chi connectivity index (χ2n) is 3.94. The summed E-state index contributed by atoms with van der Waals surface area (Å²) in [7, 11) is 0. The molecule has 0 bridgehead atoms. The fourth-order valence-corrected chi connectivity index (χ4v) is 1.47. The molecule has 1 saturated heterocycles. The normalized spacial score (nSPS) is 27.5. The smallest absolute Gasteiger partial charge is 0.305 e. The molecule has 5 heteroatoms. The molecule has 2 N–H and O–H groups in total. The van der Waals surface area contributed by atoms with E-state index in [1.54, 1.807) is 13.8 Å². The molecule has 0 spiro atoms. The molecule has 0 saturated carbocycles. The number of carboxylic acids is 1. The molecular weight excluding hydrogens is 188 g/mol. The summed E-state index contributed by atoms with van der Waals surface area (Å²) in [6, 6.07) is 0. The van der Waals surface area contributed by atoms with Crippen molar-refractivity contribution in [3.8, 4) is 0 Å². The van der Waals surface area contributed by atoms with Crippen LogP contribution in [-0.4, -0.2) is 40.8 Å². The SMILES string of the molecule is CC1(C)OC[C@H](C[C@@H](O)CC(=O)O)O1.